The first-order valence-corrected chi connectivity index (χ1v) is 5.05. The van der Waals surface area contributed by atoms with E-state index in [0.717, 1.165) is 5.56 Å². The quantitative estimate of drug-likeness (QED) is 0.690. The van der Waals surface area contributed by atoms with Crippen LogP contribution in [0.2, 0.25) is 0 Å². The molecule has 0 saturated carbocycles. The van der Waals surface area contributed by atoms with Crippen LogP contribution in [-0.4, -0.2) is 11.8 Å². The molecule has 2 aliphatic rings. The summed E-state index contributed by atoms with van der Waals surface area (Å²) in [5.74, 6) is -0.144. The molecule has 2 aliphatic heterocycles. The van der Waals surface area contributed by atoms with Crippen LogP contribution in [0.5, 0.6) is 5.75 Å². The Morgan fingerprint density at radius 1 is 1.18 bits per heavy atom. The van der Waals surface area contributed by atoms with Gasteiger partial charge in [-0.05, 0) is 17.7 Å². The lowest BCUT2D eigenvalue weighted by atomic mass is 9.98. The van der Waals surface area contributed by atoms with Crippen molar-refractivity contribution in [3.8, 4) is 5.75 Å². The Balaban J connectivity index is 2.17. The van der Waals surface area contributed by atoms with Crippen molar-refractivity contribution in [1.29, 1.82) is 0 Å². The van der Waals surface area contributed by atoms with Gasteiger partial charge >= 0.3 is 0 Å². The summed E-state index contributed by atoms with van der Waals surface area (Å²) >= 11 is 0. The minimum atomic E-state index is -0.388. The maximum atomic E-state index is 11.6. The van der Waals surface area contributed by atoms with E-state index in [-0.39, 0.29) is 11.8 Å². The largest absolute Gasteiger partial charge is 0.382 e. The summed E-state index contributed by atoms with van der Waals surface area (Å²) in [5.41, 5.74) is 4.44. The van der Waals surface area contributed by atoms with Crippen LogP contribution in [-0.2, 0) is 9.59 Å². The van der Waals surface area contributed by atoms with Crippen LogP contribution in [0.4, 0.5) is 0 Å². The topological polar surface area (TPSA) is 67.4 Å². The number of nitrogens with one attached hydrogen (secondary N) is 2. The van der Waals surface area contributed by atoms with Crippen molar-refractivity contribution < 1.29 is 14.4 Å². The molecule has 5 heteroatoms. The zero-order valence-corrected chi connectivity index (χ0v) is 8.69. The minimum Gasteiger partial charge on any atom is -0.382 e. The highest BCUT2D eigenvalue weighted by Crippen LogP contribution is 2.31. The Morgan fingerprint density at radius 3 is 2.82 bits per heavy atom. The summed E-state index contributed by atoms with van der Waals surface area (Å²) in [6.07, 6.45) is 4.72. The van der Waals surface area contributed by atoms with Crippen molar-refractivity contribution in [1.82, 2.24) is 10.8 Å². The molecule has 84 valence electrons. The first-order valence-electron chi connectivity index (χ1n) is 5.05. The van der Waals surface area contributed by atoms with Gasteiger partial charge in [-0.3, -0.25) is 14.9 Å². The maximum absolute atomic E-state index is 11.6. The predicted octanol–water partition coefficient (Wildman–Crippen LogP) is 0.594. The summed E-state index contributed by atoms with van der Waals surface area (Å²) in [6, 6.07) is 5.33. The van der Waals surface area contributed by atoms with Crippen LogP contribution in [0.25, 0.3) is 11.6 Å². The number of fused-ring (bicyclic) bond motifs is 1. The monoisotopic (exact) mass is 228 g/mol. The van der Waals surface area contributed by atoms with Gasteiger partial charge in [0.15, 0.2) is 5.75 Å². The summed E-state index contributed by atoms with van der Waals surface area (Å²) in [6.45, 7) is 0. The number of imide groups is 1. The van der Waals surface area contributed by atoms with Gasteiger partial charge < -0.3 is 4.84 Å². The number of carbonyl (C=O) groups excluding carboxylic acids is 2. The van der Waals surface area contributed by atoms with Gasteiger partial charge in [0.25, 0.3) is 11.8 Å². The van der Waals surface area contributed by atoms with Gasteiger partial charge in [-0.25, -0.2) is 5.48 Å². The third-order valence-corrected chi connectivity index (χ3v) is 2.60. The highest BCUT2D eigenvalue weighted by Gasteiger charge is 2.25. The molecule has 2 heterocycles. The summed E-state index contributed by atoms with van der Waals surface area (Å²) in [5, 5.41) is 2.22. The van der Waals surface area contributed by atoms with Crippen LogP contribution >= 0.6 is 0 Å². The van der Waals surface area contributed by atoms with Crippen molar-refractivity contribution >= 4 is 23.5 Å². The van der Waals surface area contributed by atoms with Gasteiger partial charge in [0, 0.05) is 17.8 Å². The molecule has 0 bridgehead atoms. The van der Waals surface area contributed by atoms with Crippen molar-refractivity contribution in [3.05, 3.63) is 41.6 Å². The number of carbonyl (C=O) groups is 2. The van der Waals surface area contributed by atoms with E-state index in [1.165, 1.54) is 6.08 Å². The van der Waals surface area contributed by atoms with E-state index in [4.69, 9.17) is 4.84 Å². The van der Waals surface area contributed by atoms with Crippen LogP contribution in [0, 0.1) is 0 Å². The van der Waals surface area contributed by atoms with Gasteiger partial charge in [-0.1, -0.05) is 12.1 Å². The van der Waals surface area contributed by atoms with E-state index in [2.05, 4.69) is 10.8 Å². The SMILES string of the molecule is O=C1C=C(c2cccc3c2C=CNO3)C(=O)N1. The fourth-order valence-electron chi connectivity index (χ4n) is 1.87. The van der Waals surface area contributed by atoms with Crippen LogP contribution in [0.3, 0.4) is 0 Å². The van der Waals surface area contributed by atoms with Gasteiger partial charge in [0.05, 0.1) is 5.57 Å². The molecule has 0 aromatic heterocycles. The summed E-state index contributed by atoms with van der Waals surface area (Å²) in [7, 11) is 0. The predicted molar refractivity (Wildman–Crippen MR) is 60.4 cm³/mol. The average molecular weight is 228 g/mol. The van der Waals surface area contributed by atoms with E-state index in [0.29, 0.717) is 16.9 Å². The van der Waals surface area contributed by atoms with Crippen molar-refractivity contribution in [2.24, 2.45) is 0 Å². The molecule has 1 aromatic rings. The Kier molecular flexibility index (Phi) is 1.98. The first kappa shape index (κ1) is 9.65. The van der Waals surface area contributed by atoms with Crippen LogP contribution in [0.1, 0.15) is 11.1 Å². The standard InChI is InChI=1S/C12H8N2O3/c15-11-6-9(12(16)14-11)7-2-1-3-10-8(7)4-5-13-17-10/h1-6,13H,(H,14,15,16). The second kappa shape index (κ2) is 3.48. The lowest BCUT2D eigenvalue weighted by Gasteiger charge is -2.15. The van der Waals surface area contributed by atoms with Gasteiger partial charge in [-0.15, -0.1) is 0 Å². The van der Waals surface area contributed by atoms with Gasteiger partial charge in [-0.2, -0.15) is 0 Å². The zero-order valence-electron chi connectivity index (χ0n) is 8.69. The smallest absolute Gasteiger partial charge is 0.258 e. The Hall–Kier alpha value is -2.56. The molecule has 0 fully saturated rings. The molecular formula is C12H8N2O3. The van der Waals surface area contributed by atoms with E-state index in [1.807, 2.05) is 0 Å². The molecule has 0 unspecified atom stereocenters. The fraction of sp³-hybridized carbons (Fsp3) is 0. The number of benzene rings is 1. The molecule has 0 atom stereocenters. The molecule has 0 radical (unpaired) electrons. The first-order chi connectivity index (χ1) is 8.25. The van der Waals surface area contributed by atoms with E-state index in [1.54, 1.807) is 30.5 Å². The van der Waals surface area contributed by atoms with Crippen LogP contribution < -0.4 is 15.6 Å². The van der Waals surface area contributed by atoms with E-state index < -0.39 is 0 Å². The summed E-state index contributed by atoms with van der Waals surface area (Å²) < 4.78 is 0. The van der Waals surface area contributed by atoms with Gasteiger partial charge in [0.1, 0.15) is 0 Å². The molecule has 17 heavy (non-hydrogen) atoms. The van der Waals surface area contributed by atoms with Crippen LogP contribution in [0.15, 0.2) is 30.5 Å². The molecular weight excluding hydrogens is 220 g/mol. The Bertz CT molecular complexity index is 587. The average Bonchev–Trinajstić information content (AvgIpc) is 2.68. The van der Waals surface area contributed by atoms with E-state index >= 15 is 0 Å². The molecule has 2 N–H and O–H groups in total. The van der Waals surface area contributed by atoms with Crippen molar-refractivity contribution in [2.75, 3.05) is 0 Å². The number of rotatable bonds is 1. The number of hydrogen-bond donors (Lipinski definition) is 2. The van der Waals surface area contributed by atoms with Gasteiger partial charge in [0.2, 0.25) is 0 Å². The van der Waals surface area contributed by atoms with Crippen molar-refractivity contribution in [3.63, 3.8) is 0 Å². The number of hydrogen-bond acceptors (Lipinski definition) is 4. The minimum absolute atomic E-state index is 0.363. The maximum Gasteiger partial charge on any atom is 0.258 e. The molecule has 2 amide bonds. The molecule has 0 spiro atoms. The molecule has 3 rings (SSSR count). The lowest BCUT2D eigenvalue weighted by molar-refractivity contribution is -0.123. The zero-order chi connectivity index (χ0) is 11.8. The normalized spacial score (nSPS) is 16.8. The lowest BCUT2D eigenvalue weighted by Crippen LogP contribution is -2.22. The second-order valence-electron chi connectivity index (χ2n) is 3.65. The molecule has 0 saturated heterocycles. The molecule has 1 aromatic carbocycles. The highest BCUT2D eigenvalue weighted by molar-refractivity contribution is 6.34. The van der Waals surface area contributed by atoms with E-state index in [9.17, 15) is 9.59 Å². The highest BCUT2D eigenvalue weighted by atomic mass is 16.6. The number of hydroxylamine groups is 1. The molecule has 5 nitrogen and oxygen atoms in total. The van der Waals surface area contributed by atoms with Crippen molar-refractivity contribution in [2.45, 2.75) is 0 Å². The third-order valence-electron chi connectivity index (χ3n) is 2.60. The Morgan fingerprint density at radius 2 is 2.06 bits per heavy atom. The second-order valence-corrected chi connectivity index (χ2v) is 3.65. The Labute approximate surface area is 96.7 Å². The third kappa shape index (κ3) is 1.48. The fourth-order valence-corrected chi connectivity index (χ4v) is 1.87. The summed E-state index contributed by atoms with van der Waals surface area (Å²) in [4.78, 5) is 27.9. The molecule has 0 aliphatic carbocycles. The number of amides is 2.